The minimum Gasteiger partial charge on any atom is -0.469 e. The highest BCUT2D eigenvalue weighted by molar-refractivity contribution is 5.69. The van der Waals surface area contributed by atoms with Gasteiger partial charge in [0, 0.05) is 25.7 Å². The molecule has 0 bridgehead atoms. The number of esters is 3. The number of aliphatic hydroxyl groups is 2. The third-order valence-corrected chi connectivity index (χ3v) is 21.5. The Balaban J connectivity index is 0.000000185. The fraction of sp³-hybridized carbons (Fsp3) is 0.943. The van der Waals surface area contributed by atoms with Crippen LogP contribution in [0.5, 0.6) is 0 Å². The van der Waals surface area contributed by atoms with Crippen molar-refractivity contribution in [3.63, 3.8) is 0 Å². The highest BCUT2D eigenvalue weighted by atomic mass is 16.5. The van der Waals surface area contributed by atoms with E-state index in [0.717, 1.165) is 50.9 Å². The molecule has 0 aromatic rings. The molecular weight excluding hydrogens is 765 g/mol. The van der Waals surface area contributed by atoms with Gasteiger partial charge in [0.2, 0.25) is 0 Å². The van der Waals surface area contributed by atoms with Crippen molar-refractivity contribution in [3.05, 3.63) is 0 Å². The van der Waals surface area contributed by atoms with Crippen LogP contribution < -0.4 is 0 Å². The Labute approximate surface area is 370 Å². The average Bonchev–Trinajstić information content (AvgIpc) is 3.76. The van der Waals surface area contributed by atoms with E-state index >= 15 is 0 Å². The van der Waals surface area contributed by atoms with Crippen molar-refractivity contribution in [2.45, 2.75) is 202 Å². The lowest BCUT2D eigenvalue weighted by Gasteiger charge is -2.63. The van der Waals surface area contributed by atoms with Crippen LogP contribution in [0.15, 0.2) is 0 Å². The summed E-state index contributed by atoms with van der Waals surface area (Å²) in [5.41, 5.74) is 1.28. The van der Waals surface area contributed by atoms with E-state index in [1.165, 1.54) is 84.8 Å². The van der Waals surface area contributed by atoms with E-state index in [9.17, 15) is 24.6 Å². The van der Waals surface area contributed by atoms with Crippen molar-refractivity contribution in [1.82, 2.24) is 0 Å². The first-order valence-electron chi connectivity index (χ1n) is 25.5. The van der Waals surface area contributed by atoms with Gasteiger partial charge in [-0.05, 0) is 202 Å². The number of hydrogen-bond donors (Lipinski definition) is 2. The van der Waals surface area contributed by atoms with Crippen LogP contribution in [0.3, 0.4) is 0 Å². The van der Waals surface area contributed by atoms with Crippen molar-refractivity contribution in [2.24, 2.45) is 98.6 Å². The molecule has 6 unspecified atom stereocenters. The maximum absolute atomic E-state index is 12.1. The van der Waals surface area contributed by atoms with Gasteiger partial charge in [-0.25, -0.2) is 0 Å². The normalized spacial score (nSPS) is 48.2. The van der Waals surface area contributed by atoms with Gasteiger partial charge in [-0.3, -0.25) is 14.4 Å². The van der Waals surface area contributed by atoms with E-state index in [-0.39, 0.29) is 41.6 Å². The van der Waals surface area contributed by atoms with Gasteiger partial charge < -0.3 is 24.4 Å². The SMILES string of the molecule is COC(=O)CC[C@@H](C)[C@H]1CCC2C3C(CC[C@@]21C)[C@@]1(C)CC[C@@H](C)C[C@H]1C[C@H]3OC(C)=O.COC(=O)CC[C@@H](C)[C@H]1CCC2C3C(CC[C@@]21C)[C@@]1(C)CC[C@@H](O)C[C@H]1C[C@H]3O. The number of hydrogen-bond acceptors (Lipinski definition) is 8. The van der Waals surface area contributed by atoms with Gasteiger partial charge in [-0.2, -0.15) is 0 Å². The van der Waals surface area contributed by atoms with Crippen LogP contribution in [0.2, 0.25) is 0 Å². The fourth-order valence-electron chi connectivity index (χ4n) is 18.2. The molecule has 2 N–H and O–H groups in total. The topological polar surface area (TPSA) is 119 Å². The predicted octanol–water partition coefficient (Wildman–Crippen LogP) is 11.0. The number of ether oxygens (including phenoxy) is 3. The minimum atomic E-state index is -0.211. The van der Waals surface area contributed by atoms with Gasteiger partial charge in [0.25, 0.3) is 0 Å². The number of aliphatic hydroxyl groups excluding tert-OH is 2. The van der Waals surface area contributed by atoms with Crippen LogP contribution in [0.25, 0.3) is 0 Å². The number of fused-ring (bicyclic) bond motifs is 10. The Morgan fingerprint density at radius 3 is 1.57 bits per heavy atom. The van der Waals surface area contributed by atoms with Crippen molar-refractivity contribution in [2.75, 3.05) is 14.2 Å². The lowest BCUT2D eigenvalue weighted by molar-refractivity contribution is -0.191. The van der Waals surface area contributed by atoms with Crippen LogP contribution in [0, 0.1) is 98.6 Å². The van der Waals surface area contributed by atoms with Crippen LogP contribution in [0.4, 0.5) is 0 Å². The molecule has 0 aromatic carbocycles. The maximum Gasteiger partial charge on any atom is 0.305 e. The third kappa shape index (κ3) is 8.64. The smallest absolute Gasteiger partial charge is 0.305 e. The molecule has 61 heavy (non-hydrogen) atoms. The van der Waals surface area contributed by atoms with Crippen LogP contribution in [0.1, 0.15) is 184 Å². The summed E-state index contributed by atoms with van der Waals surface area (Å²) in [7, 11) is 2.96. The number of methoxy groups -OCH3 is 2. The largest absolute Gasteiger partial charge is 0.469 e. The number of rotatable bonds is 9. The standard InChI is InChI=1S/C28H46O4.C25H42O4/c1-17-11-13-27(4)20(15-17)16-24(32-19(3)29)26-22-9-8-21(18(2)7-10-25(30)31-6)28(22,5)14-12-23(26)27;1-15(5-8-22(28)29-4)18-6-7-19-23-20(10-12-25(18,19)3)24(2)11-9-17(26)13-16(24)14-21(23)27/h17-18,20-24,26H,7-16H2,1-6H3;15-21,23,26-27H,5-14H2,1-4H3/t17-,18-,20+,21-,22?,23?,24-,26?,27+,28-;15-,16+,17-,18-,19?,20?,21-,23?,24+,25-/m11/s1. The van der Waals surface area contributed by atoms with Crippen LogP contribution in [-0.4, -0.2) is 60.7 Å². The summed E-state index contributed by atoms with van der Waals surface area (Å²) in [6, 6.07) is 0. The molecule has 0 radical (unpaired) electrons. The molecule has 0 heterocycles. The van der Waals surface area contributed by atoms with Gasteiger partial charge in [0.05, 0.1) is 26.4 Å². The third-order valence-electron chi connectivity index (χ3n) is 21.5. The molecule has 8 saturated carbocycles. The molecule has 0 spiro atoms. The average molecular weight is 853 g/mol. The van der Waals surface area contributed by atoms with E-state index in [1.54, 1.807) is 6.92 Å². The Morgan fingerprint density at radius 1 is 0.590 bits per heavy atom. The summed E-state index contributed by atoms with van der Waals surface area (Å²) in [4.78, 5) is 35.5. The molecule has 20 atom stereocenters. The van der Waals surface area contributed by atoms with Crippen molar-refractivity contribution in [3.8, 4) is 0 Å². The van der Waals surface area contributed by atoms with Gasteiger partial charge in [0.1, 0.15) is 6.10 Å². The molecule has 8 fully saturated rings. The Morgan fingerprint density at radius 2 is 1.05 bits per heavy atom. The highest BCUT2D eigenvalue weighted by Gasteiger charge is 2.65. The molecule has 348 valence electrons. The van der Waals surface area contributed by atoms with E-state index in [4.69, 9.17) is 14.2 Å². The Kier molecular flexibility index (Phi) is 14.2. The van der Waals surface area contributed by atoms with Gasteiger partial charge in [0.15, 0.2) is 0 Å². The number of carbonyl (C=O) groups is 3. The quantitative estimate of drug-likeness (QED) is 0.174. The van der Waals surface area contributed by atoms with Crippen LogP contribution >= 0.6 is 0 Å². The minimum absolute atomic E-state index is 0.0899. The summed E-state index contributed by atoms with van der Waals surface area (Å²) in [5, 5.41) is 21.5. The molecule has 8 aliphatic carbocycles. The highest BCUT2D eigenvalue weighted by Crippen LogP contribution is 2.70. The summed E-state index contributed by atoms with van der Waals surface area (Å²) in [5.74, 6) is 7.45. The monoisotopic (exact) mass is 853 g/mol. The first kappa shape index (κ1) is 47.3. The number of carbonyl (C=O) groups excluding carboxylic acids is 3. The summed E-state index contributed by atoms with van der Waals surface area (Å²) in [6.07, 6.45) is 21.4. The molecule has 8 rings (SSSR count). The van der Waals surface area contributed by atoms with Gasteiger partial charge in [-0.15, -0.1) is 0 Å². The fourth-order valence-corrected chi connectivity index (χ4v) is 18.2. The second-order valence-corrected chi connectivity index (χ2v) is 24.1. The van der Waals surface area contributed by atoms with Crippen molar-refractivity contribution in [1.29, 1.82) is 0 Å². The Hall–Kier alpha value is -1.67. The van der Waals surface area contributed by atoms with Gasteiger partial charge in [-0.1, -0.05) is 54.9 Å². The zero-order valence-corrected chi connectivity index (χ0v) is 40.2. The van der Waals surface area contributed by atoms with E-state index in [0.29, 0.717) is 100 Å². The van der Waals surface area contributed by atoms with Gasteiger partial charge >= 0.3 is 17.9 Å². The molecule has 0 aromatic heterocycles. The maximum atomic E-state index is 12.1. The lowest BCUT2D eigenvalue weighted by atomic mass is 9.43. The first-order chi connectivity index (χ1) is 28.8. The molecule has 0 aliphatic heterocycles. The van der Waals surface area contributed by atoms with Crippen LogP contribution in [-0.2, 0) is 28.6 Å². The second-order valence-electron chi connectivity index (χ2n) is 24.1. The summed E-state index contributed by atoms with van der Waals surface area (Å²) in [6.45, 7) is 18.7. The summed E-state index contributed by atoms with van der Waals surface area (Å²) < 4.78 is 15.9. The molecule has 0 saturated heterocycles. The zero-order valence-electron chi connectivity index (χ0n) is 40.2. The summed E-state index contributed by atoms with van der Waals surface area (Å²) >= 11 is 0. The molecule has 8 nitrogen and oxygen atoms in total. The molecule has 0 amide bonds. The van der Waals surface area contributed by atoms with Crippen molar-refractivity contribution < 1.29 is 38.8 Å². The molecule has 8 heteroatoms. The zero-order chi connectivity index (χ0) is 44.2. The lowest BCUT2D eigenvalue weighted by Crippen LogP contribution is -2.59. The first-order valence-corrected chi connectivity index (χ1v) is 25.5. The van der Waals surface area contributed by atoms with E-state index < -0.39 is 0 Å². The van der Waals surface area contributed by atoms with E-state index in [1.807, 2.05) is 0 Å². The van der Waals surface area contributed by atoms with E-state index in [2.05, 4.69) is 48.5 Å². The van der Waals surface area contributed by atoms with Crippen molar-refractivity contribution >= 4 is 17.9 Å². The molecule has 8 aliphatic rings. The Bertz CT molecular complexity index is 1560. The second kappa shape index (κ2) is 18.3. The predicted molar refractivity (Wildman–Crippen MR) is 239 cm³/mol. The molecular formula is C53H88O8.